The van der Waals surface area contributed by atoms with Gasteiger partial charge in [-0.15, -0.1) is 0 Å². The van der Waals surface area contributed by atoms with Crippen molar-refractivity contribution in [2.24, 2.45) is 0 Å². The normalized spacial score (nSPS) is 10.1. The fourth-order valence-electron chi connectivity index (χ4n) is 1.57. The molecule has 0 radical (unpaired) electrons. The predicted octanol–water partition coefficient (Wildman–Crippen LogP) is 3.90. The van der Waals surface area contributed by atoms with Gasteiger partial charge in [-0.05, 0) is 46.3 Å². The topological polar surface area (TPSA) is 54.0 Å². The van der Waals surface area contributed by atoms with Crippen molar-refractivity contribution in [1.29, 1.82) is 0 Å². The van der Waals surface area contributed by atoms with Gasteiger partial charge in [0.25, 0.3) is 5.91 Å². The summed E-state index contributed by atoms with van der Waals surface area (Å²) in [5.74, 6) is 0.336. The van der Waals surface area contributed by atoms with Crippen molar-refractivity contribution in [3.8, 4) is 0 Å². The maximum absolute atomic E-state index is 12.2. The van der Waals surface area contributed by atoms with Crippen LogP contribution in [0.5, 0.6) is 0 Å². The molecular formula is C13H11Br2N3O. The van der Waals surface area contributed by atoms with Crippen LogP contribution in [0.4, 0.5) is 11.5 Å². The number of amides is 1. The molecule has 0 fully saturated rings. The number of aromatic nitrogens is 1. The molecule has 0 unspecified atom stereocenters. The van der Waals surface area contributed by atoms with Gasteiger partial charge in [-0.3, -0.25) is 4.79 Å². The second-order valence-electron chi connectivity index (χ2n) is 3.73. The van der Waals surface area contributed by atoms with E-state index in [1.54, 1.807) is 25.4 Å². The number of anilines is 2. The van der Waals surface area contributed by atoms with Crippen molar-refractivity contribution in [2.75, 3.05) is 17.7 Å². The first kappa shape index (κ1) is 14.0. The van der Waals surface area contributed by atoms with Gasteiger partial charge in [-0.25, -0.2) is 4.98 Å². The van der Waals surface area contributed by atoms with Crippen LogP contribution in [0, 0.1) is 0 Å². The number of carbonyl (C=O) groups excluding carboxylic acids is 1. The number of hydrogen-bond donors (Lipinski definition) is 2. The predicted molar refractivity (Wildman–Crippen MR) is 83.6 cm³/mol. The van der Waals surface area contributed by atoms with Crippen molar-refractivity contribution < 1.29 is 4.79 Å². The molecule has 0 bridgehead atoms. The minimum absolute atomic E-state index is 0.212. The summed E-state index contributed by atoms with van der Waals surface area (Å²) < 4.78 is 1.71. The van der Waals surface area contributed by atoms with Crippen LogP contribution in [0.2, 0.25) is 0 Å². The fraction of sp³-hybridized carbons (Fsp3) is 0.0769. The van der Waals surface area contributed by atoms with E-state index in [2.05, 4.69) is 47.5 Å². The van der Waals surface area contributed by atoms with Crippen LogP contribution in [-0.4, -0.2) is 17.9 Å². The molecule has 0 spiro atoms. The van der Waals surface area contributed by atoms with Crippen LogP contribution in [0.1, 0.15) is 10.4 Å². The van der Waals surface area contributed by atoms with Crippen LogP contribution >= 0.6 is 31.9 Å². The van der Waals surface area contributed by atoms with E-state index in [4.69, 9.17) is 0 Å². The lowest BCUT2D eigenvalue weighted by Crippen LogP contribution is -2.15. The van der Waals surface area contributed by atoms with Crippen LogP contribution in [0.25, 0.3) is 0 Å². The highest BCUT2D eigenvalue weighted by Crippen LogP contribution is 2.27. The van der Waals surface area contributed by atoms with E-state index in [0.717, 1.165) is 8.95 Å². The fourth-order valence-corrected chi connectivity index (χ4v) is 2.28. The Morgan fingerprint density at radius 3 is 2.79 bits per heavy atom. The van der Waals surface area contributed by atoms with E-state index in [-0.39, 0.29) is 5.91 Å². The van der Waals surface area contributed by atoms with Crippen molar-refractivity contribution in [3.05, 3.63) is 51.0 Å². The number of benzene rings is 1. The zero-order valence-corrected chi connectivity index (χ0v) is 13.2. The summed E-state index contributed by atoms with van der Waals surface area (Å²) >= 11 is 6.77. The maximum Gasteiger partial charge on any atom is 0.259 e. The van der Waals surface area contributed by atoms with Gasteiger partial charge in [-0.2, -0.15) is 0 Å². The molecule has 0 aliphatic heterocycles. The average molecular weight is 385 g/mol. The summed E-state index contributed by atoms with van der Waals surface area (Å²) in [6.07, 6.45) is 1.64. The molecule has 4 nitrogen and oxygen atoms in total. The Balaban J connectivity index is 2.28. The van der Waals surface area contributed by atoms with E-state index >= 15 is 0 Å². The quantitative estimate of drug-likeness (QED) is 0.843. The molecule has 1 aromatic heterocycles. The van der Waals surface area contributed by atoms with Gasteiger partial charge in [0.1, 0.15) is 5.82 Å². The highest BCUT2D eigenvalue weighted by molar-refractivity contribution is 9.11. The lowest BCUT2D eigenvalue weighted by atomic mass is 10.2. The molecular weight excluding hydrogens is 374 g/mol. The number of pyridine rings is 1. The first-order valence-electron chi connectivity index (χ1n) is 5.51. The van der Waals surface area contributed by atoms with Crippen molar-refractivity contribution in [1.82, 2.24) is 4.98 Å². The van der Waals surface area contributed by atoms with Crippen molar-refractivity contribution in [2.45, 2.75) is 0 Å². The van der Waals surface area contributed by atoms with Crippen LogP contribution < -0.4 is 10.6 Å². The van der Waals surface area contributed by atoms with Gasteiger partial charge in [0.05, 0.1) is 11.3 Å². The first-order chi connectivity index (χ1) is 9.11. The summed E-state index contributed by atoms with van der Waals surface area (Å²) in [5, 5.41) is 5.74. The summed E-state index contributed by atoms with van der Waals surface area (Å²) in [6.45, 7) is 0. The largest absolute Gasteiger partial charge is 0.372 e. The molecule has 0 saturated carbocycles. The van der Waals surface area contributed by atoms with Crippen molar-refractivity contribution in [3.63, 3.8) is 0 Å². The van der Waals surface area contributed by atoms with Crippen molar-refractivity contribution >= 4 is 49.3 Å². The Labute approximate surface area is 127 Å². The van der Waals surface area contributed by atoms with Gasteiger partial charge < -0.3 is 10.6 Å². The molecule has 0 aliphatic rings. The second-order valence-corrected chi connectivity index (χ2v) is 5.50. The highest BCUT2D eigenvalue weighted by Gasteiger charge is 2.12. The number of rotatable bonds is 3. The molecule has 19 heavy (non-hydrogen) atoms. The van der Waals surface area contributed by atoms with Gasteiger partial charge in [0.15, 0.2) is 0 Å². The molecule has 2 N–H and O–H groups in total. The van der Waals surface area contributed by atoms with Crippen LogP contribution in [0.15, 0.2) is 45.5 Å². The summed E-state index contributed by atoms with van der Waals surface area (Å²) in [6, 6.07) is 9.04. The van der Waals surface area contributed by atoms with E-state index in [0.29, 0.717) is 17.1 Å². The molecule has 1 amide bonds. The minimum Gasteiger partial charge on any atom is -0.372 e. The average Bonchev–Trinajstić information content (AvgIpc) is 2.42. The SMILES string of the molecule is CNc1ncccc1C(=O)Nc1cc(Br)ccc1Br. The van der Waals surface area contributed by atoms with E-state index < -0.39 is 0 Å². The lowest BCUT2D eigenvalue weighted by Gasteiger charge is -2.10. The summed E-state index contributed by atoms with van der Waals surface area (Å²) in [4.78, 5) is 16.3. The molecule has 1 aromatic carbocycles. The molecule has 6 heteroatoms. The van der Waals surface area contributed by atoms with E-state index in [1.165, 1.54) is 0 Å². The molecule has 0 atom stereocenters. The highest BCUT2D eigenvalue weighted by atomic mass is 79.9. The van der Waals surface area contributed by atoms with Crippen LogP contribution in [0.3, 0.4) is 0 Å². The first-order valence-corrected chi connectivity index (χ1v) is 7.09. The number of nitrogens with one attached hydrogen (secondary N) is 2. The third kappa shape index (κ3) is 3.33. The number of hydrogen-bond acceptors (Lipinski definition) is 3. The Bertz CT molecular complexity index is 617. The molecule has 2 aromatic rings. The zero-order valence-electron chi connectivity index (χ0n) is 10.1. The standard InChI is InChI=1S/C13H11Br2N3O/c1-16-12-9(3-2-6-17-12)13(19)18-11-7-8(14)4-5-10(11)15/h2-7H,1H3,(H,16,17)(H,18,19). The minimum atomic E-state index is -0.212. The van der Waals surface area contributed by atoms with Crippen LogP contribution in [-0.2, 0) is 0 Å². The zero-order chi connectivity index (χ0) is 13.8. The Morgan fingerprint density at radius 2 is 2.05 bits per heavy atom. The number of halogens is 2. The van der Waals surface area contributed by atoms with Gasteiger partial charge in [-0.1, -0.05) is 15.9 Å². The third-order valence-corrected chi connectivity index (χ3v) is 3.65. The number of nitrogens with zero attached hydrogens (tertiary/aromatic N) is 1. The molecule has 2 rings (SSSR count). The Hall–Kier alpha value is -1.40. The Kier molecular flexibility index (Phi) is 4.55. The second kappa shape index (κ2) is 6.16. The third-order valence-electron chi connectivity index (χ3n) is 2.47. The van der Waals surface area contributed by atoms with Gasteiger partial charge >= 0.3 is 0 Å². The van der Waals surface area contributed by atoms with Gasteiger partial charge in [0, 0.05) is 22.2 Å². The smallest absolute Gasteiger partial charge is 0.259 e. The van der Waals surface area contributed by atoms with Gasteiger partial charge in [0.2, 0.25) is 0 Å². The molecule has 0 aliphatic carbocycles. The van der Waals surface area contributed by atoms with E-state index in [9.17, 15) is 4.79 Å². The summed E-state index contributed by atoms with van der Waals surface area (Å²) in [7, 11) is 1.73. The van der Waals surface area contributed by atoms with E-state index in [1.807, 2.05) is 18.2 Å². The summed E-state index contributed by atoms with van der Waals surface area (Å²) in [5.41, 5.74) is 1.20. The number of carbonyl (C=O) groups is 1. The lowest BCUT2D eigenvalue weighted by molar-refractivity contribution is 0.102. The molecule has 0 saturated heterocycles. The molecule has 1 heterocycles. The molecule has 98 valence electrons. The maximum atomic E-state index is 12.2. The monoisotopic (exact) mass is 383 g/mol. The Morgan fingerprint density at radius 1 is 1.26 bits per heavy atom.